The summed E-state index contributed by atoms with van der Waals surface area (Å²) in [5.41, 5.74) is 2.30. The predicted molar refractivity (Wildman–Crippen MR) is 91.9 cm³/mol. The first-order chi connectivity index (χ1) is 12.0. The first kappa shape index (κ1) is 17.6. The lowest BCUT2D eigenvalue weighted by molar-refractivity contribution is -0.120. The zero-order valence-corrected chi connectivity index (χ0v) is 14.4. The summed E-state index contributed by atoms with van der Waals surface area (Å²) >= 11 is 0. The van der Waals surface area contributed by atoms with E-state index in [1.165, 1.54) is 5.56 Å². The van der Waals surface area contributed by atoms with Gasteiger partial charge in [-0.1, -0.05) is 24.3 Å². The molecule has 2 aromatic carbocycles. The number of carbonyl (C=O) groups is 1. The third kappa shape index (κ3) is 4.24. The van der Waals surface area contributed by atoms with E-state index >= 15 is 0 Å². The Kier molecular flexibility index (Phi) is 5.15. The zero-order valence-electron chi connectivity index (χ0n) is 13.5. The van der Waals surface area contributed by atoms with Gasteiger partial charge in [0, 0.05) is 0 Å². The van der Waals surface area contributed by atoms with Crippen molar-refractivity contribution in [1.82, 2.24) is 10.0 Å². The molecule has 1 atom stereocenters. The standard InChI is InChI=1S/C18H19FN2O3S/c19-14-8-10-15(11-9-14)25(23,24)20-12-18(22)21-17-7-3-5-13-4-1-2-6-16(13)17/h1-2,4,6,8-11,17,20H,3,5,7,12H2,(H,21,22)/t17-/m0/s1. The minimum Gasteiger partial charge on any atom is -0.348 e. The Morgan fingerprint density at radius 3 is 2.60 bits per heavy atom. The molecule has 0 saturated heterocycles. The van der Waals surface area contributed by atoms with Crippen LogP contribution in [-0.4, -0.2) is 20.9 Å². The van der Waals surface area contributed by atoms with Crippen molar-refractivity contribution in [2.24, 2.45) is 0 Å². The fraction of sp³-hybridized carbons (Fsp3) is 0.278. The molecule has 3 rings (SSSR count). The normalized spacial score (nSPS) is 16.9. The van der Waals surface area contributed by atoms with Crippen LogP contribution in [0.3, 0.4) is 0 Å². The van der Waals surface area contributed by atoms with Gasteiger partial charge in [0.05, 0.1) is 17.5 Å². The van der Waals surface area contributed by atoms with Crippen molar-refractivity contribution in [3.63, 3.8) is 0 Å². The van der Waals surface area contributed by atoms with E-state index in [-0.39, 0.29) is 17.5 Å². The van der Waals surface area contributed by atoms with Gasteiger partial charge in [0.2, 0.25) is 15.9 Å². The summed E-state index contributed by atoms with van der Waals surface area (Å²) in [6.07, 6.45) is 2.79. The lowest BCUT2D eigenvalue weighted by atomic mass is 9.88. The summed E-state index contributed by atoms with van der Waals surface area (Å²) in [5, 5.41) is 2.88. The summed E-state index contributed by atoms with van der Waals surface area (Å²) in [6.45, 7) is -0.363. The monoisotopic (exact) mass is 362 g/mol. The van der Waals surface area contributed by atoms with Gasteiger partial charge < -0.3 is 5.32 Å². The molecule has 0 radical (unpaired) electrons. The molecule has 0 saturated carbocycles. The number of sulfonamides is 1. The van der Waals surface area contributed by atoms with Crippen LogP contribution in [0.5, 0.6) is 0 Å². The van der Waals surface area contributed by atoms with Crippen LogP contribution in [-0.2, 0) is 21.2 Å². The number of amides is 1. The first-order valence-electron chi connectivity index (χ1n) is 8.08. The van der Waals surface area contributed by atoms with Gasteiger partial charge in [-0.3, -0.25) is 4.79 Å². The molecule has 1 aliphatic carbocycles. The molecule has 1 amide bonds. The Morgan fingerprint density at radius 2 is 1.84 bits per heavy atom. The Hall–Kier alpha value is -2.25. The molecule has 5 nitrogen and oxygen atoms in total. The molecule has 0 heterocycles. The Bertz CT molecular complexity index is 866. The molecule has 132 valence electrons. The maximum absolute atomic E-state index is 12.9. The van der Waals surface area contributed by atoms with Crippen LogP contribution in [0.1, 0.15) is 30.0 Å². The molecule has 0 fully saturated rings. The highest BCUT2D eigenvalue weighted by Crippen LogP contribution is 2.29. The van der Waals surface area contributed by atoms with E-state index < -0.39 is 21.7 Å². The van der Waals surface area contributed by atoms with Crippen LogP contribution < -0.4 is 10.0 Å². The van der Waals surface area contributed by atoms with Crippen molar-refractivity contribution in [3.05, 3.63) is 65.5 Å². The minimum absolute atomic E-state index is 0.0790. The van der Waals surface area contributed by atoms with Gasteiger partial charge in [0.1, 0.15) is 5.82 Å². The molecule has 0 spiro atoms. The van der Waals surface area contributed by atoms with Gasteiger partial charge in [-0.05, 0) is 54.7 Å². The van der Waals surface area contributed by atoms with Gasteiger partial charge >= 0.3 is 0 Å². The number of carbonyl (C=O) groups excluding carboxylic acids is 1. The summed E-state index contributed by atoms with van der Waals surface area (Å²) in [7, 11) is -3.85. The fourth-order valence-electron chi connectivity index (χ4n) is 3.01. The molecule has 0 aromatic heterocycles. The molecule has 0 bridgehead atoms. The maximum atomic E-state index is 12.9. The molecule has 25 heavy (non-hydrogen) atoms. The average molecular weight is 362 g/mol. The number of benzene rings is 2. The first-order valence-corrected chi connectivity index (χ1v) is 9.56. The maximum Gasteiger partial charge on any atom is 0.241 e. The lowest BCUT2D eigenvalue weighted by Crippen LogP contribution is -2.39. The van der Waals surface area contributed by atoms with Gasteiger partial charge in [0.15, 0.2) is 0 Å². The second kappa shape index (κ2) is 7.33. The van der Waals surface area contributed by atoms with Crippen LogP contribution in [0.25, 0.3) is 0 Å². The zero-order chi connectivity index (χ0) is 17.9. The molecule has 2 aromatic rings. The summed E-state index contributed by atoms with van der Waals surface area (Å²) < 4.78 is 39.4. The van der Waals surface area contributed by atoms with Crippen molar-refractivity contribution in [2.75, 3.05) is 6.54 Å². The Labute approximate surface area is 146 Å². The quantitative estimate of drug-likeness (QED) is 0.857. The van der Waals surface area contributed by atoms with E-state index in [1.54, 1.807) is 0 Å². The number of rotatable bonds is 5. The van der Waals surface area contributed by atoms with Crippen molar-refractivity contribution in [3.8, 4) is 0 Å². The van der Waals surface area contributed by atoms with Crippen molar-refractivity contribution in [1.29, 1.82) is 0 Å². The summed E-state index contributed by atoms with van der Waals surface area (Å²) in [4.78, 5) is 12.1. The number of fused-ring (bicyclic) bond motifs is 1. The van der Waals surface area contributed by atoms with E-state index in [0.29, 0.717) is 0 Å². The Morgan fingerprint density at radius 1 is 1.12 bits per heavy atom. The van der Waals surface area contributed by atoms with Gasteiger partial charge in [-0.2, -0.15) is 0 Å². The van der Waals surface area contributed by atoms with Crippen molar-refractivity contribution < 1.29 is 17.6 Å². The van der Waals surface area contributed by atoms with Crippen molar-refractivity contribution >= 4 is 15.9 Å². The number of aryl methyl sites for hydroxylation is 1. The van der Waals surface area contributed by atoms with Gasteiger partial charge in [-0.25, -0.2) is 17.5 Å². The fourth-order valence-corrected chi connectivity index (χ4v) is 3.99. The average Bonchev–Trinajstić information content (AvgIpc) is 2.61. The lowest BCUT2D eigenvalue weighted by Gasteiger charge is -2.26. The second-order valence-corrected chi connectivity index (χ2v) is 7.76. The van der Waals surface area contributed by atoms with E-state index in [4.69, 9.17) is 0 Å². The Balaban J connectivity index is 1.61. The highest BCUT2D eigenvalue weighted by Gasteiger charge is 2.22. The molecule has 0 aliphatic heterocycles. The second-order valence-electron chi connectivity index (χ2n) is 5.99. The van der Waals surface area contributed by atoms with Crippen LogP contribution in [0.15, 0.2) is 53.4 Å². The SMILES string of the molecule is O=C(CNS(=O)(=O)c1ccc(F)cc1)N[C@H]1CCCc2ccccc21. The third-order valence-electron chi connectivity index (χ3n) is 4.25. The predicted octanol–water partition coefficient (Wildman–Crippen LogP) is 2.30. The molecule has 0 unspecified atom stereocenters. The van der Waals surface area contributed by atoms with Crippen molar-refractivity contribution in [2.45, 2.75) is 30.2 Å². The largest absolute Gasteiger partial charge is 0.348 e. The summed E-state index contributed by atoms with van der Waals surface area (Å²) in [6, 6.07) is 12.3. The van der Waals surface area contributed by atoms with Gasteiger partial charge in [0.25, 0.3) is 0 Å². The van der Waals surface area contributed by atoms with E-state index in [2.05, 4.69) is 10.0 Å². The number of hydrogen-bond acceptors (Lipinski definition) is 3. The summed E-state index contributed by atoms with van der Waals surface area (Å²) in [5.74, 6) is -0.917. The molecular weight excluding hydrogens is 343 g/mol. The molecular formula is C18H19FN2O3S. The number of nitrogens with one attached hydrogen (secondary N) is 2. The van der Waals surface area contributed by atoms with Crippen LogP contribution in [0, 0.1) is 5.82 Å². The molecule has 2 N–H and O–H groups in total. The van der Waals surface area contributed by atoms with E-state index in [1.807, 2.05) is 24.3 Å². The highest BCUT2D eigenvalue weighted by molar-refractivity contribution is 7.89. The minimum atomic E-state index is -3.85. The smallest absolute Gasteiger partial charge is 0.241 e. The molecule has 7 heteroatoms. The van der Waals surface area contributed by atoms with E-state index in [9.17, 15) is 17.6 Å². The van der Waals surface area contributed by atoms with Crippen LogP contribution >= 0.6 is 0 Å². The molecule has 1 aliphatic rings. The third-order valence-corrected chi connectivity index (χ3v) is 5.67. The van der Waals surface area contributed by atoms with Crippen LogP contribution in [0.4, 0.5) is 4.39 Å². The van der Waals surface area contributed by atoms with E-state index in [0.717, 1.165) is 49.1 Å². The topological polar surface area (TPSA) is 75.3 Å². The van der Waals surface area contributed by atoms with Crippen LogP contribution in [0.2, 0.25) is 0 Å². The van der Waals surface area contributed by atoms with Gasteiger partial charge in [-0.15, -0.1) is 0 Å². The highest BCUT2D eigenvalue weighted by atomic mass is 32.2. The number of halogens is 1. The number of hydrogen-bond donors (Lipinski definition) is 2.